The lowest BCUT2D eigenvalue weighted by atomic mass is 9.97. The van der Waals surface area contributed by atoms with E-state index in [1.165, 1.54) is 0 Å². The molecule has 7 heteroatoms. The maximum Gasteiger partial charge on any atom is 0.221 e. The van der Waals surface area contributed by atoms with E-state index in [2.05, 4.69) is 0 Å². The van der Waals surface area contributed by atoms with Crippen molar-refractivity contribution < 1.29 is 14.6 Å². The number of ether oxygens (including phenoxy) is 1. The first-order valence-electron chi connectivity index (χ1n) is 7.23. The van der Waals surface area contributed by atoms with Crippen molar-refractivity contribution in [2.45, 2.75) is 18.9 Å². The topological polar surface area (TPSA) is 75.8 Å². The van der Waals surface area contributed by atoms with Crippen LogP contribution in [0.15, 0.2) is 18.2 Å². The zero-order valence-corrected chi connectivity index (χ0v) is 13.7. The van der Waals surface area contributed by atoms with Gasteiger partial charge in [0.05, 0.1) is 10.9 Å². The van der Waals surface area contributed by atoms with E-state index in [1.54, 1.807) is 18.2 Å². The summed E-state index contributed by atoms with van der Waals surface area (Å²) in [6.07, 6.45) is 1.04. The van der Waals surface area contributed by atoms with Gasteiger partial charge in [-0.2, -0.15) is 0 Å². The number of nitrogens with zero attached hydrogens (tertiary/aromatic N) is 1. The Balaban J connectivity index is 1.81. The average molecular weight is 347 g/mol. The number of amides is 1. The molecule has 1 aromatic carbocycles. The molecule has 1 amide bonds. The van der Waals surface area contributed by atoms with Crippen molar-refractivity contribution in [1.82, 2.24) is 4.90 Å². The van der Waals surface area contributed by atoms with Crippen molar-refractivity contribution in [3.05, 3.63) is 28.2 Å². The Labute approximate surface area is 139 Å². The molecule has 0 aliphatic carbocycles. The largest absolute Gasteiger partial charge is 0.489 e. The Kier molecular flexibility index (Phi) is 6.32. The highest BCUT2D eigenvalue weighted by molar-refractivity contribution is 6.34. The second kappa shape index (κ2) is 8.02. The molecular weight excluding hydrogens is 327 g/mol. The van der Waals surface area contributed by atoms with Crippen molar-refractivity contribution in [2.75, 3.05) is 26.2 Å². The summed E-state index contributed by atoms with van der Waals surface area (Å²) in [5.74, 6) is 0.0345. The first kappa shape index (κ1) is 17.3. The van der Waals surface area contributed by atoms with Gasteiger partial charge in [-0.05, 0) is 31.5 Å². The maximum atomic E-state index is 11.2. The summed E-state index contributed by atoms with van der Waals surface area (Å²) in [6, 6.07) is 4.93. The van der Waals surface area contributed by atoms with Gasteiger partial charge < -0.3 is 15.6 Å². The molecule has 0 radical (unpaired) electrons. The van der Waals surface area contributed by atoms with Crippen LogP contribution < -0.4 is 10.5 Å². The van der Waals surface area contributed by atoms with E-state index in [1.807, 2.05) is 4.90 Å². The molecule has 122 valence electrons. The van der Waals surface area contributed by atoms with Gasteiger partial charge in [-0.15, -0.1) is 0 Å². The third-order valence-electron chi connectivity index (χ3n) is 3.70. The highest BCUT2D eigenvalue weighted by Crippen LogP contribution is 2.27. The number of rotatable bonds is 6. The van der Waals surface area contributed by atoms with Gasteiger partial charge in [0.15, 0.2) is 0 Å². The van der Waals surface area contributed by atoms with Crippen LogP contribution in [-0.2, 0) is 4.79 Å². The fourth-order valence-corrected chi connectivity index (χ4v) is 2.91. The second-order valence-electron chi connectivity index (χ2n) is 5.54. The summed E-state index contributed by atoms with van der Waals surface area (Å²) in [5, 5.41) is 11.1. The van der Waals surface area contributed by atoms with E-state index in [0.29, 0.717) is 28.9 Å². The highest BCUT2D eigenvalue weighted by Gasteiger charge is 2.25. The first-order valence-corrected chi connectivity index (χ1v) is 7.99. The van der Waals surface area contributed by atoms with Crippen LogP contribution in [0.2, 0.25) is 10.0 Å². The van der Waals surface area contributed by atoms with Gasteiger partial charge in [-0.3, -0.25) is 9.69 Å². The summed E-state index contributed by atoms with van der Waals surface area (Å²) in [5.41, 5.74) is 5.35. The fraction of sp³-hybridized carbons (Fsp3) is 0.533. The SMILES string of the molecule is NC(=O)C1CCCN(CC(O)COc2cc(Cl)ccc2Cl)C1. The van der Waals surface area contributed by atoms with Crippen LogP contribution in [0, 0.1) is 5.92 Å². The van der Waals surface area contributed by atoms with Crippen molar-refractivity contribution >= 4 is 29.1 Å². The van der Waals surface area contributed by atoms with Crippen LogP contribution in [0.1, 0.15) is 12.8 Å². The molecule has 1 aromatic rings. The number of halogens is 2. The minimum absolute atomic E-state index is 0.109. The van der Waals surface area contributed by atoms with Crippen LogP contribution in [0.4, 0.5) is 0 Å². The van der Waals surface area contributed by atoms with Crippen LogP contribution in [0.3, 0.4) is 0 Å². The Bertz CT molecular complexity index is 528. The highest BCUT2D eigenvalue weighted by atomic mass is 35.5. The minimum Gasteiger partial charge on any atom is -0.489 e. The predicted octanol–water partition coefficient (Wildman–Crippen LogP) is 1.93. The van der Waals surface area contributed by atoms with E-state index >= 15 is 0 Å². The molecule has 5 nitrogen and oxygen atoms in total. The Morgan fingerprint density at radius 2 is 2.27 bits per heavy atom. The lowest BCUT2D eigenvalue weighted by Crippen LogP contribution is -2.45. The van der Waals surface area contributed by atoms with Crippen molar-refractivity contribution in [1.29, 1.82) is 0 Å². The molecule has 1 heterocycles. The van der Waals surface area contributed by atoms with E-state index in [9.17, 15) is 9.90 Å². The molecular formula is C15H20Cl2N2O3. The third-order valence-corrected chi connectivity index (χ3v) is 4.25. The fourth-order valence-electron chi connectivity index (χ4n) is 2.58. The van der Waals surface area contributed by atoms with Crippen molar-refractivity contribution in [3.8, 4) is 5.75 Å². The number of piperidine rings is 1. The Morgan fingerprint density at radius 1 is 1.50 bits per heavy atom. The molecule has 0 bridgehead atoms. The predicted molar refractivity (Wildman–Crippen MR) is 86.3 cm³/mol. The van der Waals surface area contributed by atoms with Crippen LogP contribution >= 0.6 is 23.2 Å². The number of nitrogens with two attached hydrogens (primary N) is 1. The quantitative estimate of drug-likeness (QED) is 0.825. The number of aliphatic hydroxyl groups excluding tert-OH is 1. The average Bonchev–Trinajstić information content (AvgIpc) is 2.48. The van der Waals surface area contributed by atoms with Crippen LogP contribution in [0.5, 0.6) is 5.75 Å². The lowest BCUT2D eigenvalue weighted by molar-refractivity contribution is -0.123. The number of hydrogen-bond donors (Lipinski definition) is 2. The van der Waals surface area contributed by atoms with E-state index < -0.39 is 6.10 Å². The van der Waals surface area contributed by atoms with Gasteiger partial charge in [-0.25, -0.2) is 0 Å². The molecule has 2 rings (SSSR count). The lowest BCUT2D eigenvalue weighted by Gasteiger charge is -2.32. The molecule has 0 saturated carbocycles. The van der Waals surface area contributed by atoms with E-state index in [-0.39, 0.29) is 18.4 Å². The summed E-state index contributed by atoms with van der Waals surface area (Å²) in [4.78, 5) is 13.3. The van der Waals surface area contributed by atoms with E-state index in [0.717, 1.165) is 19.4 Å². The van der Waals surface area contributed by atoms with Gasteiger partial charge in [0.1, 0.15) is 18.5 Å². The van der Waals surface area contributed by atoms with E-state index in [4.69, 9.17) is 33.7 Å². The monoisotopic (exact) mass is 346 g/mol. The third kappa shape index (κ3) is 5.02. The van der Waals surface area contributed by atoms with Gasteiger partial charge in [0, 0.05) is 24.2 Å². The standard InChI is InChI=1S/C15H20Cl2N2O3/c16-11-3-4-13(17)14(6-11)22-9-12(20)8-19-5-1-2-10(7-19)15(18)21/h3-4,6,10,12,20H,1-2,5,7-9H2,(H2,18,21). The molecule has 1 aliphatic rings. The van der Waals surface area contributed by atoms with Gasteiger partial charge in [-0.1, -0.05) is 23.2 Å². The number of aliphatic hydroxyl groups is 1. The van der Waals surface area contributed by atoms with Crippen molar-refractivity contribution in [2.24, 2.45) is 11.7 Å². The molecule has 1 saturated heterocycles. The second-order valence-corrected chi connectivity index (χ2v) is 6.38. The number of β-amino-alcohol motifs (C(OH)–C–C–N with tert-alkyl or cyclic N) is 1. The normalized spacial score (nSPS) is 20.6. The van der Waals surface area contributed by atoms with Crippen LogP contribution in [0.25, 0.3) is 0 Å². The number of hydrogen-bond acceptors (Lipinski definition) is 4. The number of likely N-dealkylation sites (tertiary alicyclic amines) is 1. The van der Waals surface area contributed by atoms with Crippen molar-refractivity contribution in [3.63, 3.8) is 0 Å². The molecule has 1 aliphatic heterocycles. The Hall–Kier alpha value is -1.01. The number of benzene rings is 1. The molecule has 0 spiro atoms. The Morgan fingerprint density at radius 3 is 3.00 bits per heavy atom. The molecule has 0 aromatic heterocycles. The number of carbonyl (C=O) groups is 1. The summed E-state index contributed by atoms with van der Waals surface area (Å²) in [7, 11) is 0. The van der Waals surface area contributed by atoms with Gasteiger partial charge >= 0.3 is 0 Å². The summed E-state index contributed by atoms with van der Waals surface area (Å²) in [6.45, 7) is 1.98. The smallest absolute Gasteiger partial charge is 0.221 e. The molecule has 2 unspecified atom stereocenters. The summed E-state index contributed by atoms with van der Waals surface area (Å²) >= 11 is 11.9. The minimum atomic E-state index is -0.679. The number of carbonyl (C=O) groups excluding carboxylic acids is 1. The molecule has 1 fully saturated rings. The van der Waals surface area contributed by atoms with Gasteiger partial charge in [0.2, 0.25) is 5.91 Å². The first-order chi connectivity index (χ1) is 10.5. The zero-order valence-electron chi connectivity index (χ0n) is 12.2. The molecule has 2 atom stereocenters. The van der Waals surface area contributed by atoms with Gasteiger partial charge in [0.25, 0.3) is 0 Å². The maximum absolute atomic E-state index is 11.2. The molecule has 22 heavy (non-hydrogen) atoms. The molecule has 3 N–H and O–H groups in total. The number of primary amides is 1. The summed E-state index contributed by atoms with van der Waals surface area (Å²) < 4.78 is 5.51. The van der Waals surface area contributed by atoms with Crippen LogP contribution in [-0.4, -0.2) is 48.3 Å². The zero-order chi connectivity index (χ0) is 16.1.